The lowest BCUT2D eigenvalue weighted by Crippen LogP contribution is -2.06. The van der Waals surface area contributed by atoms with E-state index in [2.05, 4.69) is 18.9 Å². The van der Waals surface area contributed by atoms with Gasteiger partial charge in [0.1, 0.15) is 0 Å². The molecule has 2 N–H and O–H groups in total. The summed E-state index contributed by atoms with van der Waals surface area (Å²) in [6.07, 6.45) is 2.78. The van der Waals surface area contributed by atoms with Gasteiger partial charge in [-0.3, -0.25) is 4.68 Å². The smallest absolute Gasteiger partial charge is 0.0849 e. The molecule has 1 rings (SSSR count). The van der Waals surface area contributed by atoms with Crippen molar-refractivity contribution in [1.29, 1.82) is 0 Å². The van der Waals surface area contributed by atoms with Gasteiger partial charge in [0, 0.05) is 6.54 Å². The highest BCUT2D eigenvalue weighted by Gasteiger charge is 2.12. The molecule has 0 saturated heterocycles. The number of hydrogen-bond donors (Lipinski definition) is 1. The highest BCUT2D eigenvalue weighted by Crippen LogP contribution is 2.22. The van der Waals surface area contributed by atoms with Gasteiger partial charge in [-0.1, -0.05) is 18.5 Å². The minimum atomic E-state index is 0.701. The summed E-state index contributed by atoms with van der Waals surface area (Å²) in [5, 5.41) is 5.28. The van der Waals surface area contributed by atoms with E-state index in [4.69, 9.17) is 17.3 Å². The van der Waals surface area contributed by atoms with Gasteiger partial charge >= 0.3 is 0 Å². The SMILES string of the molecule is CCc1nn(CC)c(CCCN)c1Cl. The first-order valence-electron chi connectivity index (χ1n) is 5.18. The van der Waals surface area contributed by atoms with Crippen LogP contribution in [0.25, 0.3) is 0 Å². The van der Waals surface area contributed by atoms with Gasteiger partial charge in [0.25, 0.3) is 0 Å². The highest BCUT2D eigenvalue weighted by atomic mass is 35.5. The van der Waals surface area contributed by atoms with Crippen molar-refractivity contribution in [3.63, 3.8) is 0 Å². The summed E-state index contributed by atoms with van der Waals surface area (Å²) in [4.78, 5) is 0. The Kier molecular flexibility index (Phi) is 4.42. The molecule has 4 heteroatoms. The van der Waals surface area contributed by atoms with Gasteiger partial charge in [-0.05, 0) is 32.7 Å². The van der Waals surface area contributed by atoms with Crippen molar-refractivity contribution >= 4 is 11.6 Å². The van der Waals surface area contributed by atoms with E-state index in [1.54, 1.807) is 0 Å². The Morgan fingerprint density at radius 2 is 2.14 bits per heavy atom. The summed E-state index contributed by atoms with van der Waals surface area (Å²) in [5.74, 6) is 0. The van der Waals surface area contributed by atoms with E-state index in [-0.39, 0.29) is 0 Å². The molecule has 0 bridgehead atoms. The van der Waals surface area contributed by atoms with Crippen LogP contribution in [0.4, 0.5) is 0 Å². The van der Waals surface area contributed by atoms with E-state index in [1.807, 2.05) is 4.68 Å². The van der Waals surface area contributed by atoms with E-state index >= 15 is 0 Å². The molecule has 0 radical (unpaired) electrons. The fraction of sp³-hybridized carbons (Fsp3) is 0.700. The molecular weight excluding hydrogens is 198 g/mol. The quantitative estimate of drug-likeness (QED) is 0.817. The largest absolute Gasteiger partial charge is 0.330 e. The van der Waals surface area contributed by atoms with Crippen molar-refractivity contribution < 1.29 is 0 Å². The molecule has 0 fully saturated rings. The average molecular weight is 216 g/mol. The number of halogens is 1. The number of aryl methyl sites for hydroxylation is 2. The van der Waals surface area contributed by atoms with Crippen molar-refractivity contribution in [2.75, 3.05) is 6.54 Å². The number of nitrogens with two attached hydrogens (primary N) is 1. The molecule has 0 aliphatic carbocycles. The number of aromatic nitrogens is 2. The lowest BCUT2D eigenvalue weighted by molar-refractivity contribution is 0.605. The average Bonchev–Trinajstić information content (AvgIpc) is 2.52. The van der Waals surface area contributed by atoms with Crippen LogP contribution in [0.3, 0.4) is 0 Å². The molecule has 14 heavy (non-hydrogen) atoms. The Balaban J connectivity index is 2.92. The van der Waals surface area contributed by atoms with Crippen molar-refractivity contribution in [3.8, 4) is 0 Å². The molecule has 1 aromatic rings. The van der Waals surface area contributed by atoms with Gasteiger partial charge in [0.05, 0.1) is 16.4 Å². The third-order valence-corrected chi connectivity index (χ3v) is 2.75. The summed E-state index contributed by atoms with van der Waals surface area (Å²) < 4.78 is 1.98. The zero-order valence-electron chi connectivity index (χ0n) is 8.89. The predicted octanol–water partition coefficient (Wildman–Crippen LogP) is 2.01. The summed E-state index contributed by atoms with van der Waals surface area (Å²) in [7, 11) is 0. The van der Waals surface area contributed by atoms with Crippen molar-refractivity contribution in [2.24, 2.45) is 5.73 Å². The summed E-state index contributed by atoms with van der Waals surface area (Å²) >= 11 is 6.22. The number of rotatable bonds is 5. The summed E-state index contributed by atoms with van der Waals surface area (Å²) in [6, 6.07) is 0. The molecule has 0 aromatic carbocycles. The van der Waals surface area contributed by atoms with Gasteiger partial charge < -0.3 is 5.73 Å². The maximum Gasteiger partial charge on any atom is 0.0849 e. The zero-order valence-corrected chi connectivity index (χ0v) is 9.64. The van der Waals surface area contributed by atoms with Gasteiger partial charge in [0.2, 0.25) is 0 Å². The second-order valence-electron chi connectivity index (χ2n) is 3.27. The first-order valence-corrected chi connectivity index (χ1v) is 5.56. The number of nitrogens with zero attached hydrogens (tertiary/aromatic N) is 2. The maximum absolute atomic E-state index is 6.22. The van der Waals surface area contributed by atoms with Crippen LogP contribution in [-0.4, -0.2) is 16.3 Å². The molecule has 0 unspecified atom stereocenters. The van der Waals surface area contributed by atoms with Crippen LogP contribution in [0, 0.1) is 0 Å². The van der Waals surface area contributed by atoms with Crippen LogP contribution in [-0.2, 0) is 19.4 Å². The standard InChI is InChI=1S/C10H18ClN3/c1-3-8-10(11)9(6-5-7-12)14(4-2)13-8/h3-7,12H2,1-2H3. The van der Waals surface area contributed by atoms with E-state index in [1.165, 1.54) is 0 Å². The van der Waals surface area contributed by atoms with Crippen molar-refractivity contribution in [2.45, 2.75) is 39.7 Å². The normalized spacial score (nSPS) is 10.9. The monoisotopic (exact) mass is 215 g/mol. The molecule has 3 nitrogen and oxygen atoms in total. The highest BCUT2D eigenvalue weighted by molar-refractivity contribution is 6.31. The molecule has 0 spiro atoms. The molecular formula is C10H18ClN3. The lowest BCUT2D eigenvalue weighted by atomic mass is 10.2. The molecule has 0 aliphatic rings. The van der Waals surface area contributed by atoms with E-state index in [9.17, 15) is 0 Å². The molecule has 0 atom stereocenters. The van der Waals surface area contributed by atoms with E-state index in [0.717, 1.165) is 42.2 Å². The lowest BCUT2D eigenvalue weighted by Gasteiger charge is -2.03. The summed E-state index contributed by atoms with van der Waals surface area (Å²) in [5.41, 5.74) is 7.62. The Morgan fingerprint density at radius 3 is 2.64 bits per heavy atom. The van der Waals surface area contributed by atoms with Crippen LogP contribution in [0.1, 0.15) is 31.7 Å². The predicted molar refractivity (Wildman–Crippen MR) is 59.7 cm³/mol. The van der Waals surface area contributed by atoms with Crippen LogP contribution in [0.2, 0.25) is 5.02 Å². The van der Waals surface area contributed by atoms with Gasteiger partial charge in [-0.2, -0.15) is 5.10 Å². The first-order chi connectivity index (χ1) is 6.74. The van der Waals surface area contributed by atoms with E-state index in [0.29, 0.717) is 6.54 Å². The fourth-order valence-electron chi connectivity index (χ4n) is 1.53. The van der Waals surface area contributed by atoms with E-state index < -0.39 is 0 Å². The van der Waals surface area contributed by atoms with Gasteiger partial charge in [-0.25, -0.2) is 0 Å². The number of hydrogen-bond acceptors (Lipinski definition) is 2. The van der Waals surface area contributed by atoms with Crippen LogP contribution < -0.4 is 5.73 Å². The molecule has 1 aromatic heterocycles. The Labute approximate surface area is 90.2 Å². The third-order valence-electron chi connectivity index (χ3n) is 2.31. The Bertz CT molecular complexity index is 294. The minimum absolute atomic E-state index is 0.701. The molecule has 0 aliphatic heterocycles. The minimum Gasteiger partial charge on any atom is -0.330 e. The zero-order chi connectivity index (χ0) is 10.6. The van der Waals surface area contributed by atoms with Crippen molar-refractivity contribution in [3.05, 3.63) is 16.4 Å². The topological polar surface area (TPSA) is 43.8 Å². The maximum atomic E-state index is 6.22. The van der Waals surface area contributed by atoms with Crippen LogP contribution >= 0.6 is 11.6 Å². The fourth-order valence-corrected chi connectivity index (χ4v) is 1.89. The molecule has 1 heterocycles. The third kappa shape index (κ3) is 2.28. The Morgan fingerprint density at radius 1 is 1.43 bits per heavy atom. The molecule has 0 amide bonds. The summed E-state index contributed by atoms with van der Waals surface area (Å²) in [6.45, 7) is 5.72. The van der Waals surface area contributed by atoms with Gasteiger partial charge in [-0.15, -0.1) is 0 Å². The second-order valence-corrected chi connectivity index (χ2v) is 3.65. The van der Waals surface area contributed by atoms with Crippen molar-refractivity contribution in [1.82, 2.24) is 9.78 Å². The van der Waals surface area contributed by atoms with Crippen LogP contribution in [0.5, 0.6) is 0 Å². The van der Waals surface area contributed by atoms with Crippen LogP contribution in [0.15, 0.2) is 0 Å². The first kappa shape index (κ1) is 11.5. The Hall–Kier alpha value is -0.540. The van der Waals surface area contributed by atoms with Gasteiger partial charge in [0.15, 0.2) is 0 Å². The molecule has 80 valence electrons. The molecule has 0 saturated carbocycles. The second kappa shape index (κ2) is 5.37.